The maximum Gasteiger partial charge on any atom is 0.289 e. The molecule has 1 aromatic heterocycles. The second-order valence-corrected chi connectivity index (χ2v) is 4.13. The zero-order valence-electron chi connectivity index (χ0n) is 7.85. The molecule has 2 aromatic rings. The third-order valence-electron chi connectivity index (χ3n) is 1.90. The summed E-state index contributed by atoms with van der Waals surface area (Å²) in [6, 6.07) is 4.92. The van der Waals surface area contributed by atoms with Crippen molar-refractivity contribution in [3.8, 4) is 11.5 Å². The Kier molecular flexibility index (Phi) is 3.30. The normalized spacial score (nSPS) is 10.7. The van der Waals surface area contributed by atoms with E-state index in [-0.39, 0.29) is 17.5 Å². The predicted molar refractivity (Wildman–Crippen MR) is 63.0 cm³/mol. The smallest absolute Gasteiger partial charge is 0.289 e. The first kappa shape index (κ1) is 11.6. The lowest BCUT2D eigenvalue weighted by Crippen LogP contribution is -1.98. The maximum atomic E-state index is 8.91. The summed E-state index contributed by atoms with van der Waals surface area (Å²) >= 11 is 16.6. The third kappa shape index (κ3) is 2.12. The van der Waals surface area contributed by atoms with E-state index in [0.29, 0.717) is 15.6 Å². The highest BCUT2D eigenvalue weighted by molar-refractivity contribution is 7.71. The number of halogens is 2. The molecule has 7 heteroatoms. The molecule has 1 heterocycles. The van der Waals surface area contributed by atoms with Gasteiger partial charge in [0, 0.05) is 5.02 Å². The fraction of sp³-hybridized carbons (Fsp3) is 0.111. The first-order chi connectivity index (χ1) is 7.61. The Labute approximate surface area is 106 Å². The van der Waals surface area contributed by atoms with Crippen LogP contribution in [0.3, 0.4) is 0 Å². The predicted octanol–water partition coefficient (Wildman–Crippen LogP) is 3.13. The lowest BCUT2D eigenvalue weighted by Gasteiger charge is -1.98. The van der Waals surface area contributed by atoms with Gasteiger partial charge >= 0.3 is 0 Å². The molecule has 0 bridgehead atoms. The molecule has 0 saturated heterocycles. The lowest BCUT2D eigenvalue weighted by atomic mass is 10.2. The number of aliphatic hydroxyl groups excluding tert-OH is 1. The average molecular weight is 277 g/mol. The Morgan fingerprint density at radius 1 is 1.44 bits per heavy atom. The number of hydrogen-bond donors (Lipinski definition) is 1. The van der Waals surface area contributed by atoms with Crippen molar-refractivity contribution >= 4 is 35.4 Å². The molecule has 0 aliphatic rings. The molecule has 1 N–H and O–H groups in total. The third-order valence-corrected chi connectivity index (χ3v) is 2.74. The molecule has 2 rings (SSSR count). The Bertz CT molecular complexity index is 579. The van der Waals surface area contributed by atoms with E-state index < -0.39 is 0 Å². The highest BCUT2D eigenvalue weighted by atomic mass is 35.5. The van der Waals surface area contributed by atoms with Crippen LogP contribution >= 0.6 is 35.4 Å². The van der Waals surface area contributed by atoms with Crippen molar-refractivity contribution in [2.45, 2.75) is 6.73 Å². The van der Waals surface area contributed by atoms with Crippen LogP contribution in [0.4, 0.5) is 0 Å². The van der Waals surface area contributed by atoms with Crippen molar-refractivity contribution in [1.82, 2.24) is 9.78 Å². The van der Waals surface area contributed by atoms with Gasteiger partial charge in [0.15, 0.2) is 0 Å². The minimum absolute atomic E-state index is 0.0866. The van der Waals surface area contributed by atoms with E-state index in [1.807, 2.05) is 0 Å². The first-order valence-electron chi connectivity index (χ1n) is 4.26. The van der Waals surface area contributed by atoms with Crippen molar-refractivity contribution in [1.29, 1.82) is 0 Å². The highest BCUT2D eigenvalue weighted by Gasteiger charge is 2.11. The van der Waals surface area contributed by atoms with Crippen LogP contribution in [-0.2, 0) is 6.73 Å². The van der Waals surface area contributed by atoms with Gasteiger partial charge in [-0.05, 0) is 30.4 Å². The topological polar surface area (TPSA) is 51.2 Å². The minimum atomic E-state index is -0.340. The molecular weight excluding hydrogens is 271 g/mol. The van der Waals surface area contributed by atoms with Gasteiger partial charge < -0.3 is 9.52 Å². The molecular formula is C9H6Cl2N2O2S. The molecule has 0 spiro atoms. The number of benzene rings is 1. The second-order valence-electron chi connectivity index (χ2n) is 2.94. The largest absolute Gasteiger partial charge is 0.409 e. The monoisotopic (exact) mass is 276 g/mol. The van der Waals surface area contributed by atoms with E-state index in [0.717, 1.165) is 4.68 Å². The summed E-state index contributed by atoms with van der Waals surface area (Å²) in [5, 5.41) is 13.8. The van der Waals surface area contributed by atoms with Crippen molar-refractivity contribution in [3.63, 3.8) is 0 Å². The minimum Gasteiger partial charge on any atom is -0.409 e. The van der Waals surface area contributed by atoms with Gasteiger partial charge in [-0.3, -0.25) is 0 Å². The molecule has 0 aliphatic carbocycles. The van der Waals surface area contributed by atoms with Crippen molar-refractivity contribution in [2.75, 3.05) is 0 Å². The Balaban J connectivity index is 2.54. The molecule has 16 heavy (non-hydrogen) atoms. The molecule has 0 amide bonds. The number of rotatable bonds is 2. The maximum absolute atomic E-state index is 8.91. The van der Waals surface area contributed by atoms with Crippen molar-refractivity contribution in [2.24, 2.45) is 0 Å². The molecule has 0 fully saturated rings. The summed E-state index contributed by atoms with van der Waals surface area (Å²) in [6.45, 7) is -0.340. The van der Waals surface area contributed by atoms with Crippen LogP contribution in [0.1, 0.15) is 0 Å². The quantitative estimate of drug-likeness (QED) is 0.857. The number of aromatic nitrogens is 2. The summed E-state index contributed by atoms with van der Waals surface area (Å²) in [6.07, 6.45) is 0. The lowest BCUT2D eigenvalue weighted by molar-refractivity contribution is 0.190. The van der Waals surface area contributed by atoms with Gasteiger partial charge in [0.05, 0.1) is 10.6 Å². The van der Waals surface area contributed by atoms with Crippen LogP contribution < -0.4 is 0 Å². The van der Waals surface area contributed by atoms with Gasteiger partial charge in [-0.2, -0.15) is 4.68 Å². The molecule has 0 atom stereocenters. The summed E-state index contributed by atoms with van der Waals surface area (Å²) in [5.41, 5.74) is 0.573. The first-order valence-corrected chi connectivity index (χ1v) is 5.42. The zero-order valence-corrected chi connectivity index (χ0v) is 10.2. The molecule has 1 aromatic carbocycles. The van der Waals surface area contributed by atoms with E-state index in [4.69, 9.17) is 44.9 Å². The number of aliphatic hydroxyl groups is 1. The SMILES string of the molecule is OCn1nc(-c2ccc(Cl)cc2Cl)oc1=S. The molecule has 0 aliphatic heterocycles. The van der Waals surface area contributed by atoms with Crippen LogP contribution in [0.5, 0.6) is 0 Å². The van der Waals surface area contributed by atoms with E-state index in [1.54, 1.807) is 18.2 Å². The number of nitrogens with zero attached hydrogens (tertiary/aromatic N) is 2. The van der Waals surface area contributed by atoms with Gasteiger partial charge in [-0.25, -0.2) is 0 Å². The molecule has 0 radical (unpaired) electrons. The standard InChI is InChI=1S/C9H6Cl2N2O2S/c10-5-1-2-6(7(11)3-5)8-12-13(4-14)9(16)15-8/h1-3,14H,4H2. The van der Waals surface area contributed by atoms with Crippen LogP contribution in [0, 0.1) is 4.84 Å². The fourth-order valence-electron chi connectivity index (χ4n) is 1.17. The van der Waals surface area contributed by atoms with Crippen LogP contribution in [0.15, 0.2) is 22.6 Å². The van der Waals surface area contributed by atoms with E-state index >= 15 is 0 Å². The van der Waals surface area contributed by atoms with Gasteiger partial charge in [0.25, 0.3) is 4.84 Å². The summed E-state index contributed by atoms with van der Waals surface area (Å²) in [4.78, 5) is 0.0866. The van der Waals surface area contributed by atoms with E-state index in [1.165, 1.54) is 0 Å². The molecule has 84 valence electrons. The van der Waals surface area contributed by atoms with E-state index in [9.17, 15) is 0 Å². The average Bonchev–Trinajstić information content (AvgIpc) is 2.59. The zero-order chi connectivity index (χ0) is 11.7. The Morgan fingerprint density at radius 3 is 2.75 bits per heavy atom. The molecule has 0 unspecified atom stereocenters. The molecule has 0 saturated carbocycles. The Hall–Kier alpha value is -0.880. The van der Waals surface area contributed by atoms with Gasteiger partial charge in [-0.15, -0.1) is 5.10 Å². The number of hydrogen-bond acceptors (Lipinski definition) is 4. The molecule has 4 nitrogen and oxygen atoms in total. The van der Waals surface area contributed by atoms with Crippen molar-refractivity contribution in [3.05, 3.63) is 33.1 Å². The summed E-state index contributed by atoms with van der Waals surface area (Å²) in [5.74, 6) is 0.251. The van der Waals surface area contributed by atoms with Gasteiger partial charge in [-0.1, -0.05) is 23.2 Å². The Morgan fingerprint density at radius 2 is 2.19 bits per heavy atom. The van der Waals surface area contributed by atoms with Crippen LogP contribution in [0.2, 0.25) is 10.0 Å². The highest BCUT2D eigenvalue weighted by Crippen LogP contribution is 2.29. The summed E-state index contributed by atoms with van der Waals surface area (Å²) < 4.78 is 6.34. The fourth-order valence-corrected chi connectivity index (χ4v) is 1.83. The van der Waals surface area contributed by atoms with E-state index in [2.05, 4.69) is 5.10 Å². The van der Waals surface area contributed by atoms with Gasteiger partial charge in [0.1, 0.15) is 6.73 Å². The van der Waals surface area contributed by atoms with Crippen LogP contribution in [0.25, 0.3) is 11.5 Å². The van der Waals surface area contributed by atoms with Crippen LogP contribution in [-0.4, -0.2) is 14.9 Å². The van der Waals surface area contributed by atoms with Crippen molar-refractivity contribution < 1.29 is 9.52 Å². The summed E-state index contributed by atoms with van der Waals surface area (Å²) in [7, 11) is 0. The second kappa shape index (κ2) is 4.55. The van der Waals surface area contributed by atoms with Gasteiger partial charge in [0.2, 0.25) is 5.89 Å².